The molecular weight excluding hydrogens is 422 g/mol. The van der Waals surface area contributed by atoms with E-state index in [2.05, 4.69) is 15.5 Å². The largest absolute Gasteiger partial charge is 0.463 e. The third-order valence-electron chi connectivity index (χ3n) is 6.12. The second-order valence-electron chi connectivity index (χ2n) is 8.55. The number of nitrogens with zero attached hydrogens (tertiary/aromatic N) is 3. The standard InChI is InChI=1S/C24H35N5O4/c1-6-25-23(31)29-12-11-28(14-17(29)4)15-19-20(22(30)33-7-2)21(26-24(32)27(19)5)18-10-8-9-16(3)13-18/h8-10,13,17,21H,6-7,11-12,14-15H2,1-5H3,(H,25,31)(H,26,32)/t17-,21-/m1/s1. The molecule has 2 atom stereocenters. The van der Waals surface area contributed by atoms with Gasteiger partial charge in [-0.2, -0.15) is 0 Å². The Bertz CT molecular complexity index is 931. The van der Waals surface area contributed by atoms with Gasteiger partial charge in [0, 0.05) is 51.5 Å². The molecule has 33 heavy (non-hydrogen) atoms. The van der Waals surface area contributed by atoms with E-state index in [0.29, 0.717) is 44.0 Å². The number of likely N-dealkylation sites (N-methyl/N-ethyl adjacent to an activating group) is 1. The number of amides is 4. The van der Waals surface area contributed by atoms with Crippen LogP contribution in [0.25, 0.3) is 0 Å². The lowest BCUT2D eigenvalue weighted by molar-refractivity contribution is -0.139. The Morgan fingerprint density at radius 2 is 2.00 bits per heavy atom. The van der Waals surface area contributed by atoms with Gasteiger partial charge < -0.3 is 20.3 Å². The van der Waals surface area contributed by atoms with Crippen LogP contribution in [0.2, 0.25) is 0 Å². The number of carbonyl (C=O) groups excluding carboxylic acids is 3. The summed E-state index contributed by atoms with van der Waals surface area (Å²) in [5.41, 5.74) is 2.96. The number of nitrogens with one attached hydrogen (secondary N) is 2. The van der Waals surface area contributed by atoms with Gasteiger partial charge in [-0.3, -0.25) is 9.80 Å². The van der Waals surface area contributed by atoms with Gasteiger partial charge in [0.1, 0.15) is 0 Å². The van der Waals surface area contributed by atoms with Crippen LogP contribution in [0, 0.1) is 6.92 Å². The molecule has 2 aliphatic rings. The van der Waals surface area contributed by atoms with Gasteiger partial charge >= 0.3 is 18.0 Å². The number of hydrogen-bond acceptors (Lipinski definition) is 5. The summed E-state index contributed by atoms with van der Waals surface area (Å²) in [5.74, 6) is -0.431. The first kappa shape index (κ1) is 24.6. The van der Waals surface area contributed by atoms with Crippen molar-refractivity contribution < 1.29 is 19.1 Å². The zero-order chi connectivity index (χ0) is 24.1. The smallest absolute Gasteiger partial charge is 0.338 e. The van der Waals surface area contributed by atoms with E-state index in [1.165, 1.54) is 4.90 Å². The number of benzene rings is 1. The lowest BCUT2D eigenvalue weighted by Crippen LogP contribution is -2.57. The van der Waals surface area contributed by atoms with Crippen LogP contribution in [0.5, 0.6) is 0 Å². The molecule has 0 aromatic heterocycles. The minimum atomic E-state index is -0.586. The fraction of sp³-hybridized carbons (Fsp3) is 0.542. The lowest BCUT2D eigenvalue weighted by Gasteiger charge is -2.42. The van der Waals surface area contributed by atoms with Crippen molar-refractivity contribution in [1.29, 1.82) is 0 Å². The molecule has 180 valence electrons. The maximum Gasteiger partial charge on any atom is 0.338 e. The van der Waals surface area contributed by atoms with Crippen molar-refractivity contribution in [3.05, 3.63) is 46.7 Å². The van der Waals surface area contributed by atoms with Crippen molar-refractivity contribution in [2.75, 3.05) is 46.4 Å². The van der Waals surface area contributed by atoms with Crippen molar-refractivity contribution >= 4 is 18.0 Å². The van der Waals surface area contributed by atoms with Crippen LogP contribution in [-0.2, 0) is 9.53 Å². The summed E-state index contributed by atoms with van der Waals surface area (Å²) < 4.78 is 5.41. The number of esters is 1. The van der Waals surface area contributed by atoms with Crippen molar-refractivity contribution in [2.24, 2.45) is 0 Å². The van der Waals surface area contributed by atoms with Crippen molar-refractivity contribution in [2.45, 2.75) is 39.8 Å². The number of ether oxygens (including phenoxy) is 1. The van der Waals surface area contributed by atoms with Crippen LogP contribution >= 0.6 is 0 Å². The second kappa shape index (κ2) is 10.7. The number of rotatable bonds is 6. The maximum atomic E-state index is 13.1. The molecule has 0 unspecified atom stereocenters. The molecule has 4 amide bonds. The second-order valence-corrected chi connectivity index (χ2v) is 8.55. The van der Waals surface area contributed by atoms with Gasteiger partial charge in [0.25, 0.3) is 0 Å². The summed E-state index contributed by atoms with van der Waals surface area (Å²) in [7, 11) is 1.67. The molecule has 0 radical (unpaired) electrons. The zero-order valence-electron chi connectivity index (χ0n) is 20.2. The van der Waals surface area contributed by atoms with E-state index in [9.17, 15) is 14.4 Å². The predicted molar refractivity (Wildman–Crippen MR) is 126 cm³/mol. The third-order valence-corrected chi connectivity index (χ3v) is 6.12. The summed E-state index contributed by atoms with van der Waals surface area (Å²) in [6.45, 7) is 10.8. The summed E-state index contributed by atoms with van der Waals surface area (Å²) in [4.78, 5) is 43.8. The summed E-state index contributed by atoms with van der Waals surface area (Å²) in [5, 5.41) is 5.82. The molecule has 1 fully saturated rings. The highest BCUT2D eigenvalue weighted by Gasteiger charge is 2.38. The summed E-state index contributed by atoms with van der Waals surface area (Å²) >= 11 is 0. The Balaban J connectivity index is 1.93. The predicted octanol–water partition coefficient (Wildman–Crippen LogP) is 2.24. The fourth-order valence-electron chi connectivity index (χ4n) is 4.44. The molecule has 1 aromatic rings. The van der Waals surface area contributed by atoms with Gasteiger partial charge in [-0.25, -0.2) is 14.4 Å². The average Bonchev–Trinajstić information content (AvgIpc) is 2.77. The first-order valence-corrected chi connectivity index (χ1v) is 11.5. The maximum absolute atomic E-state index is 13.1. The van der Waals surface area contributed by atoms with Gasteiger partial charge in [0.2, 0.25) is 0 Å². The molecular formula is C24H35N5O4. The van der Waals surface area contributed by atoms with Crippen LogP contribution in [0.3, 0.4) is 0 Å². The topological polar surface area (TPSA) is 94.2 Å². The van der Waals surface area contributed by atoms with E-state index in [0.717, 1.165) is 11.1 Å². The van der Waals surface area contributed by atoms with Crippen LogP contribution in [0.15, 0.2) is 35.5 Å². The quantitative estimate of drug-likeness (QED) is 0.639. The molecule has 2 N–H and O–H groups in total. The minimum absolute atomic E-state index is 0.00670. The Labute approximate surface area is 195 Å². The van der Waals surface area contributed by atoms with Crippen molar-refractivity contribution in [1.82, 2.24) is 25.3 Å². The normalized spacial score (nSPS) is 21.7. The zero-order valence-corrected chi connectivity index (χ0v) is 20.2. The first-order chi connectivity index (χ1) is 15.8. The highest BCUT2D eigenvalue weighted by atomic mass is 16.5. The number of hydrogen-bond donors (Lipinski definition) is 2. The molecule has 3 rings (SSSR count). The van der Waals surface area contributed by atoms with E-state index in [-0.39, 0.29) is 24.7 Å². The molecule has 0 spiro atoms. The number of aryl methyl sites for hydroxylation is 1. The van der Waals surface area contributed by atoms with E-state index < -0.39 is 12.0 Å². The molecule has 9 nitrogen and oxygen atoms in total. The van der Waals surface area contributed by atoms with E-state index in [1.54, 1.807) is 14.0 Å². The van der Waals surface area contributed by atoms with Crippen LogP contribution in [-0.4, -0.2) is 85.2 Å². The number of urea groups is 2. The summed E-state index contributed by atoms with van der Waals surface area (Å²) in [6.07, 6.45) is 0. The van der Waals surface area contributed by atoms with E-state index in [1.807, 2.05) is 49.9 Å². The minimum Gasteiger partial charge on any atom is -0.463 e. The van der Waals surface area contributed by atoms with Crippen LogP contribution < -0.4 is 10.6 Å². The van der Waals surface area contributed by atoms with Crippen molar-refractivity contribution in [3.8, 4) is 0 Å². The van der Waals surface area contributed by atoms with E-state index >= 15 is 0 Å². The molecule has 0 saturated carbocycles. The van der Waals surface area contributed by atoms with Crippen LogP contribution in [0.1, 0.15) is 37.9 Å². The van der Waals surface area contributed by atoms with Crippen molar-refractivity contribution in [3.63, 3.8) is 0 Å². The first-order valence-electron chi connectivity index (χ1n) is 11.5. The Morgan fingerprint density at radius 1 is 1.24 bits per heavy atom. The SMILES string of the molecule is CCNC(=O)N1CCN(CC2=C(C(=O)OCC)[C@@H](c3cccc(C)c3)NC(=O)N2C)C[C@H]1C. The Hall–Kier alpha value is -3.07. The highest BCUT2D eigenvalue weighted by molar-refractivity contribution is 5.95. The molecule has 2 heterocycles. The van der Waals surface area contributed by atoms with Crippen LogP contribution in [0.4, 0.5) is 9.59 Å². The van der Waals surface area contributed by atoms with Gasteiger partial charge in [-0.05, 0) is 33.3 Å². The number of piperazine rings is 1. The van der Waals surface area contributed by atoms with Gasteiger partial charge in [0.15, 0.2) is 0 Å². The Kier molecular flexibility index (Phi) is 7.97. The molecule has 0 aliphatic carbocycles. The van der Waals surface area contributed by atoms with E-state index in [4.69, 9.17) is 4.74 Å². The highest BCUT2D eigenvalue weighted by Crippen LogP contribution is 2.32. The fourth-order valence-corrected chi connectivity index (χ4v) is 4.44. The molecule has 9 heteroatoms. The molecule has 0 bridgehead atoms. The Morgan fingerprint density at radius 3 is 2.64 bits per heavy atom. The monoisotopic (exact) mass is 457 g/mol. The molecule has 1 saturated heterocycles. The molecule has 1 aromatic carbocycles. The summed E-state index contributed by atoms with van der Waals surface area (Å²) in [6, 6.07) is 6.87. The van der Waals surface area contributed by atoms with Gasteiger partial charge in [-0.15, -0.1) is 0 Å². The lowest BCUT2D eigenvalue weighted by atomic mass is 9.93. The number of carbonyl (C=O) groups is 3. The third kappa shape index (κ3) is 5.47. The average molecular weight is 458 g/mol. The molecule has 2 aliphatic heterocycles. The van der Waals surface area contributed by atoms with Gasteiger partial charge in [-0.1, -0.05) is 29.8 Å². The van der Waals surface area contributed by atoms with Gasteiger partial charge in [0.05, 0.1) is 18.2 Å².